The Morgan fingerprint density at radius 2 is 2.28 bits per heavy atom. The van der Waals surface area contributed by atoms with Crippen molar-refractivity contribution in [1.29, 1.82) is 0 Å². The molecule has 0 spiro atoms. The van der Waals surface area contributed by atoms with Gasteiger partial charge in [0.05, 0.1) is 17.7 Å². The third-order valence-electron chi connectivity index (χ3n) is 3.78. The van der Waals surface area contributed by atoms with Gasteiger partial charge in [0.15, 0.2) is 0 Å². The number of aryl methyl sites for hydroxylation is 1. The summed E-state index contributed by atoms with van der Waals surface area (Å²) in [6.07, 6.45) is 5.10. The highest BCUT2D eigenvalue weighted by Gasteiger charge is 2.33. The number of hydrogen-bond donors (Lipinski definition) is 1. The minimum Gasteiger partial charge on any atom is -0.481 e. The molecular weight excluding hydrogens is 250 g/mol. The van der Waals surface area contributed by atoms with Crippen molar-refractivity contribution in [3.63, 3.8) is 0 Å². The fraction of sp³-hybridized carbons (Fsp3) is 0.692. The fourth-order valence-corrected chi connectivity index (χ4v) is 4.04. The molecule has 1 aliphatic heterocycles. The summed E-state index contributed by atoms with van der Waals surface area (Å²) < 4.78 is 5.82. The highest BCUT2D eigenvalue weighted by atomic mass is 32.1. The monoisotopic (exact) mass is 267 g/mol. The number of ether oxygens (including phenoxy) is 1. The van der Waals surface area contributed by atoms with Crippen LogP contribution in [0.2, 0.25) is 0 Å². The third kappa shape index (κ3) is 2.06. The quantitative estimate of drug-likeness (QED) is 0.895. The molecule has 0 aromatic carbocycles. The number of rotatable bonds is 2. The molecule has 4 nitrogen and oxygen atoms in total. The molecule has 0 saturated carbocycles. The van der Waals surface area contributed by atoms with E-state index in [0.29, 0.717) is 12.5 Å². The number of carbonyl (C=O) groups is 1. The van der Waals surface area contributed by atoms with Gasteiger partial charge in [0, 0.05) is 4.88 Å². The molecule has 3 rings (SSSR count). The molecule has 1 saturated heterocycles. The molecule has 0 amide bonds. The van der Waals surface area contributed by atoms with Crippen molar-refractivity contribution < 1.29 is 14.6 Å². The van der Waals surface area contributed by atoms with E-state index in [1.807, 2.05) is 0 Å². The van der Waals surface area contributed by atoms with Crippen molar-refractivity contribution in [3.8, 4) is 0 Å². The summed E-state index contributed by atoms with van der Waals surface area (Å²) in [5, 5.41) is 10.2. The van der Waals surface area contributed by atoms with Crippen molar-refractivity contribution in [2.45, 2.75) is 57.2 Å². The second kappa shape index (κ2) is 4.63. The molecule has 0 radical (unpaired) electrons. The number of fused-ring (bicyclic) bond motifs is 1. The molecule has 1 aromatic rings. The van der Waals surface area contributed by atoms with E-state index in [-0.39, 0.29) is 6.10 Å². The lowest BCUT2D eigenvalue weighted by atomic mass is 9.91. The highest BCUT2D eigenvalue weighted by molar-refractivity contribution is 7.11. The number of carboxylic acid groups (broad SMARTS) is 1. The predicted molar refractivity (Wildman–Crippen MR) is 68.0 cm³/mol. The van der Waals surface area contributed by atoms with Crippen molar-refractivity contribution in [1.82, 2.24) is 4.98 Å². The SMILES string of the molecule is CC1CCC(c2nc3c(s2)CCCC3C(=O)O)O1. The van der Waals surface area contributed by atoms with Gasteiger partial charge in [0.25, 0.3) is 0 Å². The van der Waals surface area contributed by atoms with Crippen molar-refractivity contribution in [2.75, 3.05) is 0 Å². The molecule has 3 unspecified atom stereocenters. The first-order valence-electron chi connectivity index (χ1n) is 6.53. The molecule has 1 fully saturated rings. The summed E-state index contributed by atoms with van der Waals surface area (Å²) in [4.78, 5) is 17.0. The number of aromatic nitrogens is 1. The number of nitrogens with zero attached hydrogens (tertiary/aromatic N) is 1. The third-order valence-corrected chi connectivity index (χ3v) is 5.00. The zero-order valence-electron chi connectivity index (χ0n) is 10.4. The second-order valence-electron chi connectivity index (χ2n) is 5.16. The number of carboxylic acids is 1. The first kappa shape index (κ1) is 12.1. The first-order valence-corrected chi connectivity index (χ1v) is 7.34. The Balaban J connectivity index is 1.89. The van der Waals surface area contributed by atoms with E-state index in [0.717, 1.165) is 41.3 Å². The molecule has 98 valence electrons. The van der Waals surface area contributed by atoms with E-state index in [4.69, 9.17) is 4.74 Å². The molecule has 1 aromatic heterocycles. The van der Waals surface area contributed by atoms with Crippen LogP contribution in [0.25, 0.3) is 0 Å². The predicted octanol–water partition coefficient (Wildman–Crippen LogP) is 2.89. The Morgan fingerprint density at radius 1 is 1.44 bits per heavy atom. The van der Waals surface area contributed by atoms with Crippen molar-refractivity contribution in [2.24, 2.45) is 0 Å². The average molecular weight is 267 g/mol. The van der Waals surface area contributed by atoms with Gasteiger partial charge in [-0.1, -0.05) is 0 Å². The van der Waals surface area contributed by atoms with Crippen LogP contribution >= 0.6 is 11.3 Å². The summed E-state index contributed by atoms with van der Waals surface area (Å²) >= 11 is 1.66. The number of aliphatic carboxylic acids is 1. The Morgan fingerprint density at radius 3 is 2.94 bits per heavy atom. The van der Waals surface area contributed by atoms with E-state index in [2.05, 4.69) is 11.9 Å². The van der Waals surface area contributed by atoms with Gasteiger partial charge in [0.1, 0.15) is 11.1 Å². The van der Waals surface area contributed by atoms with E-state index in [1.165, 1.54) is 0 Å². The smallest absolute Gasteiger partial charge is 0.312 e. The van der Waals surface area contributed by atoms with Gasteiger partial charge in [-0.3, -0.25) is 4.79 Å². The molecular formula is C13H17NO3S. The standard InChI is InChI=1S/C13H17NO3S/c1-7-5-6-9(17-7)12-14-11-8(13(15)16)3-2-4-10(11)18-12/h7-9H,2-6H2,1H3,(H,15,16). The summed E-state index contributed by atoms with van der Waals surface area (Å²) in [6.45, 7) is 2.08. The van der Waals surface area contributed by atoms with Crippen LogP contribution in [0.4, 0.5) is 0 Å². The molecule has 0 bridgehead atoms. The Labute approximate surface area is 110 Å². The molecule has 2 aliphatic rings. The molecule has 5 heteroatoms. The lowest BCUT2D eigenvalue weighted by molar-refractivity contribution is -0.139. The zero-order chi connectivity index (χ0) is 12.7. The van der Waals surface area contributed by atoms with Gasteiger partial charge in [-0.25, -0.2) is 4.98 Å². The van der Waals surface area contributed by atoms with Gasteiger partial charge < -0.3 is 9.84 Å². The number of hydrogen-bond acceptors (Lipinski definition) is 4. The van der Waals surface area contributed by atoms with Crippen LogP contribution in [0.15, 0.2) is 0 Å². The van der Waals surface area contributed by atoms with Crippen LogP contribution in [0.3, 0.4) is 0 Å². The van der Waals surface area contributed by atoms with Crippen molar-refractivity contribution in [3.05, 3.63) is 15.6 Å². The summed E-state index contributed by atoms with van der Waals surface area (Å²) in [7, 11) is 0. The van der Waals surface area contributed by atoms with Crippen LogP contribution in [0, 0.1) is 0 Å². The Kier molecular flexibility index (Phi) is 3.11. The van der Waals surface area contributed by atoms with Crippen molar-refractivity contribution >= 4 is 17.3 Å². The maximum Gasteiger partial charge on any atom is 0.312 e. The van der Waals surface area contributed by atoms with Gasteiger partial charge in [-0.15, -0.1) is 11.3 Å². The van der Waals surface area contributed by atoms with E-state index >= 15 is 0 Å². The largest absolute Gasteiger partial charge is 0.481 e. The summed E-state index contributed by atoms with van der Waals surface area (Å²) in [6, 6.07) is 0. The van der Waals surface area contributed by atoms with Crippen LogP contribution in [0.5, 0.6) is 0 Å². The van der Waals surface area contributed by atoms with Gasteiger partial charge in [-0.05, 0) is 39.0 Å². The van der Waals surface area contributed by atoms with Crippen LogP contribution < -0.4 is 0 Å². The second-order valence-corrected chi connectivity index (χ2v) is 6.27. The topological polar surface area (TPSA) is 59.4 Å². The van der Waals surface area contributed by atoms with Crippen LogP contribution in [0.1, 0.15) is 60.2 Å². The number of thiazole rings is 1. The summed E-state index contributed by atoms with van der Waals surface area (Å²) in [5.74, 6) is -1.15. The highest BCUT2D eigenvalue weighted by Crippen LogP contribution is 2.40. The van der Waals surface area contributed by atoms with E-state index in [9.17, 15) is 9.90 Å². The van der Waals surface area contributed by atoms with Gasteiger partial charge >= 0.3 is 5.97 Å². The van der Waals surface area contributed by atoms with Gasteiger partial charge in [0.2, 0.25) is 0 Å². The lowest BCUT2D eigenvalue weighted by Gasteiger charge is -2.16. The zero-order valence-corrected chi connectivity index (χ0v) is 11.2. The van der Waals surface area contributed by atoms with Crippen LogP contribution in [-0.4, -0.2) is 22.2 Å². The summed E-state index contributed by atoms with van der Waals surface area (Å²) in [5.41, 5.74) is 0.803. The molecule has 1 aliphatic carbocycles. The van der Waals surface area contributed by atoms with Gasteiger partial charge in [-0.2, -0.15) is 0 Å². The van der Waals surface area contributed by atoms with E-state index in [1.54, 1.807) is 11.3 Å². The minimum absolute atomic E-state index is 0.0880. The Bertz CT molecular complexity index is 471. The molecule has 1 N–H and O–H groups in total. The Hall–Kier alpha value is -0.940. The lowest BCUT2D eigenvalue weighted by Crippen LogP contribution is -2.17. The average Bonchev–Trinajstić information content (AvgIpc) is 2.93. The normalized spacial score (nSPS) is 31.3. The molecule has 18 heavy (non-hydrogen) atoms. The first-order chi connectivity index (χ1) is 8.65. The van der Waals surface area contributed by atoms with Crippen LogP contribution in [-0.2, 0) is 16.0 Å². The molecule has 3 atom stereocenters. The maximum atomic E-state index is 11.2. The maximum absolute atomic E-state index is 11.2. The fourth-order valence-electron chi connectivity index (χ4n) is 2.80. The minimum atomic E-state index is -0.742. The molecule has 2 heterocycles. The van der Waals surface area contributed by atoms with E-state index < -0.39 is 11.9 Å².